The van der Waals surface area contributed by atoms with Crippen molar-refractivity contribution in [2.45, 2.75) is 30.7 Å². The van der Waals surface area contributed by atoms with Gasteiger partial charge >= 0.3 is 0 Å². The lowest BCUT2D eigenvalue weighted by Crippen LogP contribution is -2.46. The van der Waals surface area contributed by atoms with E-state index in [1.165, 1.54) is 27.6 Å². The van der Waals surface area contributed by atoms with Crippen LogP contribution in [0.1, 0.15) is 47.4 Å². The van der Waals surface area contributed by atoms with Crippen LogP contribution in [-0.2, 0) is 0 Å². The van der Waals surface area contributed by atoms with E-state index in [1.807, 2.05) is 18.2 Å². The highest BCUT2D eigenvalue weighted by Crippen LogP contribution is 2.60. The number of fused-ring (bicyclic) bond motifs is 6. The van der Waals surface area contributed by atoms with Gasteiger partial charge in [0.15, 0.2) is 0 Å². The Morgan fingerprint density at radius 3 is 2.57 bits per heavy atom. The first kappa shape index (κ1) is 16.9. The second-order valence-corrected chi connectivity index (χ2v) is 9.37. The predicted octanol–water partition coefficient (Wildman–Crippen LogP) is 6.87. The summed E-state index contributed by atoms with van der Waals surface area (Å²) < 4.78 is 15.1. The van der Waals surface area contributed by atoms with E-state index >= 15 is 4.39 Å². The molecule has 0 saturated heterocycles. The lowest BCUT2D eigenvalue weighted by molar-refractivity contribution is 0.329. The van der Waals surface area contributed by atoms with E-state index in [2.05, 4.69) is 59.5 Å². The van der Waals surface area contributed by atoms with Gasteiger partial charge in [-0.25, -0.2) is 4.39 Å². The molecular weight excluding hydrogens is 369 g/mol. The predicted molar refractivity (Wildman–Crippen MR) is 120 cm³/mol. The van der Waals surface area contributed by atoms with Gasteiger partial charge in [0.25, 0.3) is 0 Å². The van der Waals surface area contributed by atoms with E-state index in [1.54, 1.807) is 6.07 Å². The molecule has 5 unspecified atom stereocenters. The minimum Gasteiger partial charge on any atom is -0.363 e. The number of rotatable bonds is 1. The molecule has 30 heavy (non-hydrogen) atoms. The van der Waals surface area contributed by atoms with E-state index in [4.69, 9.17) is 0 Å². The number of hydrogen-bond donors (Lipinski definition) is 0. The summed E-state index contributed by atoms with van der Waals surface area (Å²) in [6, 6.07) is 18.8. The normalized spacial score (nSPS) is 30.4. The molecule has 3 aromatic rings. The van der Waals surface area contributed by atoms with Gasteiger partial charge in [0, 0.05) is 29.6 Å². The zero-order valence-corrected chi connectivity index (χ0v) is 16.8. The Bertz CT molecular complexity index is 1240. The lowest BCUT2D eigenvalue weighted by atomic mass is 9.69. The lowest BCUT2D eigenvalue weighted by Gasteiger charge is -2.51. The van der Waals surface area contributed by atoms with Crippen molar-refractivity contribution in [2.75, 3.05) is 11.4 Å². The SMILES string of the molecule is Fc1ccccc1C1C2CC=CC2c2c3c(cc4ccccc24)C2C=CCC2CN31. The maximum absolute atomic E-state index is 15.1. The molecule has 0 bridgehead atoms. The molecule has 2 heteroatoms. The Labute approximate surface area is 176 Å². The summed E-state index contributed by atoms with van der Waals surface area (Å²) >= 11 is 0. The van der Waals surface area contributed by atoms with Gasteiger partial charge in [0.05, 0.1) is 6.04 Å². The first-order chi connectivity index (χ1) is 14.8. The molecule has 5 atom stereocenters. The molecule has 0 spiro atoms. The minimum atomic E-state index is -0.0643. The molecule has 4 aliphatic rings. The van der Waals surface area contributed by atoms with Crippen LogP contribution in [-0.4, -0.2) is 6.54 Å². The largest absolute Gasteiger partial charge is 0.363 e. The van der Waals surface area contributed by atoms with Crippen LogP contribution in [0.3, 0.4) is 0 Å². The molecule has 0 saturated carbocycles. The van der Waals surface area contributed by atoms with Crippen molar-refractivity contribution in [3.05, 3.63) is 101 Å². The first-order valence-electron chi connectivity index (χ1n) is 11.2. The van der Waals surface area contributed by atoms with Gasteiger partial charge in [0.1, 0.15) is 5.82 Å². The number of benzene rings is 3. The van der Waals surface area contributed by atoms with Gasteiger partial charge in [-0.3, -0.25) is 0 Å². The summed E-state index contributed by atoms with van der Waals surface area (Å²) in [6.07, 6.45) is 11.6. The van der Waals surface area contributed by atoms with Crippen LogP contribution >= 0.6 is 0 Å². The Morgan fingerprint density at radius 2 is 1.63 bits per heavy atom. The first-order valence-corrected chi connectivity index (χ1v) is 11.2. The zero-order valence-electron chi connectivity index (χ0n) is 16.8. The molecule has 2 heterocycles. The van der Waals surface area contributed by atoms with E-state index in [9.17, 15) is 0 Å². The number of halogens is 1. The van der Waals surface area contributed by atoms with Gasteiger partial charge in [-0.15, -0.1) is 0 Å². The zero-order chi connectivity index (χ0) is 19.8. The summed E-state index contributed by atoms with van der Waals surface area (Å²) in [5, 5.41) is 2.71. The highest BCUT2D eigenvalue weighted by Gasteiger charge is 2.48. The van der Waals surface area contributed by atoms with Crippen molar-refractivity contribution in [1.29, 1.82) is 0 Å². The van der Waals surface area contributed by atoms with Gasteiger partial charge in [-0.2, -0.15) is 0 Å². The second kappa shape index (κ2) is 6.07. The van der Waals surface area contributed by atoms with Gasteiger partial charge in [-0.1, -0.05) is 66.8 Å². The van der Waals surface area contributed by atoms with E-state index in [0.717, 1.165) is 24.9 Å². The smallest absolute Gasteiger partial charge is 0.128 e. The third-order valence-electron chi connectivity index (χ3n) is 7.97. The third kappa shape index (κ3) is 2.12. The number of hydrogen-bond acceptors (Lipinski definition) is 1. The van der Waals surface area contributed by atoms with Crippen LogP contribution in [0, 0.1) is 17.7 Å². The van der Waals surface area contributed by atoms with Crippen LogP contribution in [0.25, 0.3) is 10.8 Å². The van der Waals surface area contributed by atoms with Crippen LogP contribution < -0.4 is 4.90 Å². The second-order valence-electron chi connectivity index (χ2n) is 9.37. The molecule has 1 nitrogen and oxygen atoms in total. The molecule has 3 aromatic carbocycles. The Hall–Kier alpha value is -2.87. The Morgan fingerprint density at radius 1 is 0.833 bits per heavy atom. The van der Waals surface area contributed by atoms with Crippen molar-refractivity contribution in [2.24, 2.45) is 11.8 Å². The quantitative estimate of drug-likeness (QED) is 0.408. The molecule has 0 amide bonds. The standard InChI is InChI=1S/C28H24FN/c29-25-14-4-3-10-23(25)27-22-13-6-12-21(22)26-20-9-2-1-7-17(20)15-24-19-11-5-8-18(19)16-30(27)28(24)26/h1-7,9-12,14-15,18-19,21-22,27H,8,13,16H2. The third-order valence-corrected chi connectivity index (χ3v) is 7.97. The average molecular weight is 394 g/mol. The fourth-order valence-electron chi connectivity index (χ4n) is 6.80. The molecule has 0 N–H and O–H groups in total. The van der Waals surface area contributed by atoms with Crippen molar-refractivity contribution in [3.63, 3.8) is 0 Å². The number of anilines is 1. The van der Waals surface area contributed by atoms with Crippen molar-refractivity contribution in [1.82, 2.24) is 0 Å². The van der Waals surface area contributed by atoms with Gasteiger partial charge in [-0.05, 0) is 58.7 Å². The highest BCUT2D eigenvalue weighted by molar-refractivity contribution is 5.94. The summed E-state index contributed by atoms with van der Waals surface area (Å²) in [7, 11) is 0. The van der Waals surface area contributed by atoms with Gasteiger partial charge < -0.3 is 4.90 Å². The fourth-order valence-corrected chi connectivity index (χ4v) is 6.80. The maximum Gasteiger partial charge on any atom is 0.128 e. The van der Waals surface area contributed by atoms with Crippen molar-refractivity contribution < 1.29 is 4.39 Å². The molecule has 2 aliphatic carbocycles. The molecule has 7 rings (SSSR count). The minimum absolute atomic E-state index is 0.0643. The fraction of sp³-hybridized carbons (Fsp3) is 0.286. The number of nitrogens with zero attached hydrogens (tertiary/aromatic N) is 1. The summed E-state index contributed by atoms with van der Waals surface area (Å²) in [6.45, 7) is 1.01. The molecule has 148 valence electrons. The van der Waals surface area contributed by atoms with Crippen molar-refractivity contribution in [3.8, 4) is 0 Å². The van der Waals surface area contributed by atoms with Crippen LogP contribution in [0.2, 0.25) is 0 Å². The maximum atomic E-state index is 15.1. The summed E-state index contributed by atoms with van der Waals surface area (Å²) in [4.78, 5) is 2.60. The molecule has 0 aromatic heterocycles. The molecular formula is C28H24FN. The average Bonchev–Trinajstić information content (AvgIpc) is 3.44. The molecule has 0 fully saturated rings. The highest BCUT2D eigenvalue weighted by atomic mass is 19.1. The summed E-state index contributed by atoms with van der Waals surface area (Å²) in [5.41, 5.74) is 5.19. The number of allylic oxidation sites excluding steroid dienone is 4. The topological polar surface area (TPSA) is 3.24 Å². The molecule has 2 aliphatic heterocycles. The Kier molecular flexibility index (Phi) is 3.42. The Balaban J connectivity index is 1.56. The van der Waals surface area contributed by atoms with Crippen LogP contribution in [0.15, 0.2) is 78.9 Å². The van der Waals surface area contributed by atoms with Crippen LogP contribution in [0.5, 0.6) is 0 Å². The van der Waals surface area contributed by atoms with Crippen LogP contribution in [0.4, 0.5) is 10.1 Å². The van der Waals surface area contributed by atoms with Gasteiger partial charge in [0.2, 0.25) is 0 Å². The summed E-state index contributed by atoms with van der Waals surface area (Å²) in [5.74, 6) is 1.76. The van der Waals surface area contributed by atoms with E-state index in [0.29, 0.717) is 23.7 Å². The van der Waals surface area contributed by atoms with Crippen molar-refractivity contribution >= 4 is 16.5 Å². The van der Waals surface area contributed by atoms with E-state index in [-0.39, 0.29) is 11.9 Å². The molecule has 0 radical (unpaired) electrons. The monoisotopic (exact) mass is 393 g/mol. The van der Waals surface area contributed by atoms with E-state index < -0.39 is 0 Å².